The first-order valence-corrected chi connectivity index (χ1v) is 7.94. The minimum absolute atomic E-state index is 0.0459. The van der Waals surface area contributed by atoms with Crippen LogP contribution in [0.1, 0.15) is 12.5 Å². The molecule has 126 valence electrons. The fourth-order valence-corrected chi connectivity index (χ4v) is 2.72. The van der Waals surface area contributed by atoms with Crippen LogP contribution in [0.5, 0.6) is 0 Å². The van der Waals surface area contributed by atoms with Crippen molar-refractivity contribution >= 4 is 23.2 Å². The molecular formula is C17H21N5O2. The predicted octanol–water partition coefficient (Wildman–Crippen LogP) is 1.15. The molecular weight excluding hydrogens is 306 g/mol. The number of hydrogen-bond donors (Lipinski definition) is 2. The van der Waals surface area contributed by atoms with Crippen LogP contribution in [0.15, 0.2) is 36.7 Å². The standard InChI is InChI=1S/C17H21N5O2/c1-12-7-19-21(9-12)10-13(2)18-8-17(24)22-11-16(23)20-14-5-3-4-6-15(14)22/h3-7,9,13,18H,8,10-11H2,1-2H3,(H,20,23)/t13-/m0/s1. The molecule has 0 bridgehead atoms. The van der Waals surface area contributed by atoms with Crippen LogP contribution in [-0.4, -0.2) is 40.7 Å². The van der Waals surface area contributed by atoms with Crippen molar-refractivity contribution < 1.29 is 9.59 Å². The predicted molar refractivity (Wildman–Crippen MR) is 91.9 cm³/mol. The highest BCUT2D eigenvalue weighted by Gasteiger charge is 2.26. The van der Waals surface area contributed by atoms with Crippen LogP contribution in [0.2, 0.25) is 0 Å². The Bertz CT molecular complexity index is 755. The summed E-state index contributed by atoms with van der Waals surface area (Å²) in [5, 5.41) is 10.2. The number of aryl methyl sites for hydroxylation is 1. The molecule has 2 heterocycles. The first-order chi connectivity index (χ1) is 11.5. The Morgan fingerprint density at radius 3 is 2.96 bits per heavy atom. The molecule has 2 N–H and O–H groups in total. The molecule has 1 aliphatic heterocycles. The summed E-state index contributed by atoms with van der Waals surface area (Å²) in [6.07, 6.45) is 3.77. The second-order valence-electron chi connectivity index (χ2n) is 6.07. The van der Waals surface area contributed by atoms with Crippen molar-refractivity contribution in [1.82, 2.24) is 15.1 Å². The first kappa shape index (κ1) is 16.2. The lowest BCUT2D eigenvalue weighted by molar-refractivity contribution is -0.121. The monoisotopic (exact) mass is 327 g/mol. The number of benzene rings is 1. The van der Waals surface area contributed by atoms with E-state index in [1.165, 1.54) is 4.90 Å². The number of hydrogen-bond acceptors (Lipinski definition) is 4. The Kier molecular flexibility index (Phi) is 4.61. The number of amides is 2. The van der Waals surface area contributed by atoms with Crippen molar-refractivity contribution in [2.45, 2.75) is 26.4 Å². The molecule has 1 aromatic carbocycles. The molecule has 1 aliphatic rings. The van der Waals surface area contributed by atoms with Crippen LogP contribution in [0.25, 0.3) is 0 Å². The van der Waals surface area contributed by atoms with E-state index in [0.717, 1.165) is 11.3 Å². The molecule has 0 saturated heterocycles. The van der Waals surface area contributed by atoms with Crippen molar-refractivity contribution in [3.63, 3.8) is 0 Å². The normalized spacial score (nSPS) is 14.9. The van der Waals surface area contributed by atoms with Gasteiger partial charge in [-0.25, -0.2) is 0 Å². The van der Waals surface area contributed by atoms with Crippen molar-refractivity contribution in [3.8, 4) is 0 Å². The van der Waals surface area contributed by atoms with Crippen LogP contribution in [0.3, 0.4) is 0 Å². The quantitative estimate of drug-likeness (QED) is 0.863. The first-order valence-electron chi connectivity index (χ1n) is 7.94. The summed E-state index contributed by atoms with van der Waals surface area (Å²) in [4.78, 5) is 25.8. The third-order valence-corrected chi connectivity index (χ3v) is 3.90. The lowest BCUT2D eigenvalue weighted by atomic mass is 10.2. The SMILES string of the molecule is Cc1cnn(C[C@H](C)NCC(=O)N2CC(=O)Nc3ccccc32)c1. The Hall–Kier alpha value is -2.67. The Labute approximate surface area is 140 Å². The molecule has 0 aliphatic carbocycles. The van der Waals surface area contributed by atoms with Gasteiger partial charge < -0.3 is 10.6 Å². The zero-order chi connectivity index (χ0) is 17.1. The number of nitrogens with one attached hydrogen (secondary N) is 2. The van der Waals surface area contributed by atoms with Gasteiger partial charge in [-0.1, -0.05) is 12.1 Å². The second-order valence-corrected chi connectivity index (χ2v) is 6.07. The molecule has 0 spiro atoms. The fourth-order valence-electron chi connectivity index (χ4n) is 2.72. The Balaban J connectivity index is 1.60. The van der Waals surface area contributed by atoms with Gasteiger partial charge in [-0.3, -0.25) is 19.2 Å². The zero-order valence-corrected chi connectivity index (χ0v) is 13.8. The summed E-state index contributed by atoms with van der Waals surface area (Å²) >= 11 is 0. The van der Waals surface area contributed by atoms with Crippen LogP contribution < -0.4 is 15.5 Å². The summed E-state index contributed by atoms with van der Waals surface area (Å²) in [5.41, 5.74) is 2.51. The van der Waals surface area contributed by atoms with Crippen LogP contribution >= 0.6 is 0 Å². The van der Waals surface area contributed by atoms with E-state index in [-0.39, 0.29) is 30.9 Å². The summed E-state index contributed by atoms with van der Waals surface area (Å²) in [6.45, 7) is 4.89. The highest BCUT2D eigenvalue weighted by atomic mass is 16.2. The zero-order valence-electron chi connectivity index (χ0n) is 13.8. The van der Waals surface area contributed by atoms with E-state index in [1.807, 2.05) is 42.9 Å². The minimum Gasteiger partial charge on any atom is -0.323 e. The average molecular weight is 327 g/mol. The molecule has 2 aromatic rings. The van der Waals surface area contributed by atoms with Crippen LogP contribution in [0.4, 0.5) is 11.4 Å². The highest BCUT2D eigenvalue weighted by molar-refractivity contribution is 6.10. The maximum atomic E-state index is 12.5. The van der Waals surface area contributed by atoms with E-state index in [9.17, 15) is 9.59 Å². The third kappa shape index (κ3) is 3.62. The maximum absolute atomic E-state index is 12.5. The number of anilines is 2. The van der Waals surface area contributed by atoms with Gasteiger partial charge in [0.25, 0.3) is 0 Å². The van der Waals surface area contributed by atoms with E-state index in [0.29, 0.717) is 12.2 Å². The lowest BCUT2D eigenvalue weighted by Crippen LogP contribution is -2.47. The molecule has 24 heavy (non-hydrogen) atoms. The molecule has 7 heteroatoms. The van der Waals surface area contributed by atoms with Gasteiger partial charge in [-0.2, -0.15) is 5.10 Å². The molecule has 1 aromatic heterocycles. The molecule has 0 radical (unpaired) electrons. The van der Waals surface area contributed by atoms with Gasteiger partial charge in [0.15, 0.2) is 0 Å². The molecule has 3 rings (SSSR count). The van der Waals surface area contributed by atoms with Gasteiger partial charge in [0.1, 0.15) is 6.54 Å². The second kappa shape index (κ2) is 6.84. The topological polar surface area (TPSA) is 79.3 Å². The number of rotatable bonds is 5. The summed E-state index contributed by atoms with van der Waals surface area (Å²) in [7, 11) is 0. The third-order valence-electron chi connectivity index (χ3n) is 3.90. The van der Waals surface area contributed by atoms with Crippen LogP contribution in [0, 0.1) is 6.92 Å². The smallest absolute Gasteiger partial charge is 0.244 e. The van der Waals surface area contributed by atoms with E-state index in [1.54, 1.807) is 12.3 Å². The molecule has 7 nitrogen and oxygen atoms in total. The van der Waals surface area contributed by atoms with Gasteiger partial charge in [-0.15, -0.1) is 0 Å². The van der Waals surface area contributed by atoms with Gasteiger partial charge in [-0.05, 0) is 31.5 Å². The summed E-state index contributed by atoms with van der Waals surface area (Å²) in [6, 6.07) is 7.40. The van der Waals surface area contributed by atoms with Crippen molar-refractivity contribution in [2.24, 2.45) is 0 Å². The molecule has 0 saturated carbocycles. The lowest BCUT2D eigenvalue weighted by Gasteiger charge is -2.29. The molecule has 0 unspecified atom stereocenters. The Morgan fingerprint density at radius 2 is 2.21 bits per heavy atom. The van der Waals surface area contributed by atoms with Crippen molar-refractivity contribution in [3.05, 3.63) is 42.2 Å². The molecule has 2 amide bonds. The molecule has 1 atom stereocenters. The number of carbonyl (C=O) groups is 2. The number of nitrogens with zero attached hydrogens (tertiary/aromatic N) is 3. The number of para-hydroxylation sites is 2. The van der Waals surface area contributed by atoms with E-state index in [2.05, 4.69) is 15.7 Å². The minimum atomic E-state index is -0.179. The van der Waals surface area contributed by atoms with Gasteiger partial charge in [0.2, 0.25) is 11.8 Å². The largest absolute Gasteiger partial charge is 0.323 e. The van der Waals surface area contributed by atoms with E-state index in [4.69, 9.17) is 0 Å². The number of fused-ring (bicyclic) bond motifs is 1. The number of carbonyl (C=O) groups excluding carboxylic acids is 2. The van der Waals surface area contributed by atoms with Crippen LogP contribution in [-0.2, 0) is 16.1 Å². The molecule has 0 fully saturated rings. The van der Waals surface area contributed by atoms with E-state index < -0.39 is 0 Å². The van der Waals surface area contributed by atoms with Crippen molar-refractivity contribution in [1.29, 1.82) is 0 Å². The number of aromatic nitrogens is 2. The van der Waals surface area contributed by atoms with Gasteiger partial charge in [0.05, 0.1) is 30.7 Å². The Morgan fingerprint density at radius 1 is 1.42 bits per heavy atom. The van der Waals surface area contributed by atoms with Crippen molar-refractivity contribution in [2.75, 3.05) is 23.3 Å². The van der Waals surface area contributed by atoms with Gasteiger partial charge in [0, 0.05) is 12.2 Å². The van der Waals surface area contributed by atoms with E-state index >= 15 is 0 Å². The van der Waals surface area contributed by atoms with Gasteiger partial charge >= 0.3 is 0 Å². The maximum Gasteiger partial charge on any atom is 0.244 e. The fraction of sp³-hybridized carbons (Fsp3) is 0.353. The highest BCUT2D eigenvalue weighted by Crippen LogP contribution is 2.28. The summed E-state index contributed by atoms with van der Waals surface area (Å²) in [5.74, 6) is -0.303. The average Bonchev–Trinajstić information content (AvgIpc) is 2.96. The summed E-state index contributed by atoms with van der Waals surface area (Å²) < 4.78 is 1.85.